The molecule has 112 valence electrons. The van der Waals surface area contributed by atoms with Gasteiger partial charge in [0, 0.05) is 18.0 Å². The van der Waals surface area contributed by atoms with Crippen molar-refractivity contribution >= 4 is 11.8 Å². The van der Waals surface area contributed by atoms with E-state index in [1.54, 1.807) is 0 Å². The van der Waals surface area contributed by atoms with Gasteiger partial charge in [-0.05, 0) is 42.9 Å². The number of hydrogen-bond donors (Lipinski definition) is 1. The Kier molecular flexibility index (Phi) is 6.37. The third-order valence-electron chi connectivity index (χ3n) is 3.88. The van der Waals surface area contributed by atoms with Gasteiger partial charge < -0.3 is 5.32 Å². The number of aromatic nitrogens is 1. The van der Waals surface area contributed by atoms with Crippen LogP contribution in [0.4, 0.5) is 0 Å². The molecule has 3 heteroatoms. The van der Waals surface area contributed by atoms with Crippen LogP contribution in [0.5, 0.6) is 0 Å². The number of thioether (sulfide) groups is 1. The van der Waals surface area contributed by atoms with Crippen LogP contribution in [0.15, 0.2) is 23.4 Å². The third kappa shape index (κ3) is 5.10. The van der Waals surface area contributed by atoms with E-state index < -0.39 is 0 Å². The van der Waals surface area contributed by atoms with Crippen LogP contribution in [-0.4, -0.2) is 16.8 Å². The van der Waals surface area contributed by atoms with E-state index in [1.807, 2.05) is 18.0 Å². The van der Waals surface area contributed by atoms with Crippen LogP contribution in [0.1, 0.15) is 52.0 Å². The van der Waals surface area contributed by atoms with E-state index in [9.17, 15) is 0 Å². The molecule has 2 unspecified atom stereocenters. The maximum absolute atomic E-state index is 4.62. The zero-order valence-corrected chi connectivity index (χ0v) is 13.9. The molecule has 0 spiro atoms. The molecule has 2 rings (SSSR count). The van der Waals surface area contributed by atoms with E-state index >= 15 is 0 Å². The van der Waals surface area contributed by atoms with Crippen molar-refractivity contribution in [3.63, 3.8) is 0 Å². The monoisotopic (exact) mass is 292 g/mol. The van der Waals surface area contributed by atoms with Gasteiger partial charge in [-0.25, -0.2) is 4.98 Å². The second-order valence-corrected chi connectivity index (χ2v) is 7.79. The van der Waals surface area contributed by atoms with Crippen LogP contribution < -0.4 is 5.32 Å². The van der Waals surface area contributed by atoms with Gasteiger partial charge in [0.15, 0.2) is 0 Å². The van der Waals surface area contributed by atoms with Crippen molar-refractivity contribution in [2.75, 3.05) is 6.54 Å². The van der Waals surface area contributed by atoms with Gasteiger partial charge in [-0.1, -0.05) is 39.7 Å². The van der Waals surface area contributed by atoms with Crippen molar-refractivity contribution < 1.29 is 0 Å². The van der Waals surface area contributed by atoms with Crippen LogP contribution in [0.25, 0.3) is 0 Å². The molecule has 1 aromatic heterocycles. The third-order valence-corrected chi connectivity index (χ3v) is 5.24. The first-order valence-corrected chi connectivity index (χ1v) is 8.84. The molecule has 0 saturated heterocycles. The number of hydrogen-bond acceptors (Lipinski definition) is 3. The quantitative estimate of drug-likeness (QED) is 0.835. The molecular weight excluding hydrogens is 264 g/mol. The van der Waals surface area contributed by atoms with Gasteiger partial charge in [0.1, 0.15) is 5.03 Å². The predicted molar refractivity (Wildman–Crippen MR) is 88.1 cm³/mol. The largest absolute Gasteiger partial charge is 0.312 e. The lowest BCUT2D eigenvalue weighted by atomic mass is 9.91. The van der Waals surface area contributed by atoms with Crippen molar-refractivity contribution in [3.8, 4) is 0 Å². The zero-order chi connectivity index (χ0) is 14.4. The fourth-order valence-electron chi connectivity index (χ4n) is 2.80. The predicted octanol–water partition coefficient (Wildman–Crippen LogP) is 4.50. The topological polar surface area (TPSA) is 24.9 Å². The first-order valence-electron chi connectivity index (χ1n) is 7.96. The minimum absolute atomic E-state index is 0.696. The Balaban J connectivity index is 1.93. The lowest BCUT2D eigenvalue weighted by Gasteiger charge is -2.26. The maximum atomic E-state index is 4.62. The Morgan fingerprint density at radius 1 is 1.40 bits per heavy atom. The molecular formula is C17H28N2S. The zero-order valence-electron chi connectivity index (χ0n) is 13.1. The standard InChI is InChI=1S/C17H28N2S/c1-13(2)11-18-12-15-7-5-9-19-17(15)20-16-8-4-6-14(3)10-16/h5,7,9,13-14,16,18H,4,6,8,10-12H2,1-3H3. The second-order valence-electron chi connectivity index (χ2n) is 6.50. The molecule has 1 aromatic rings. The summed E-state index contributed by atoms with van der Waals surface area (Å²) in [6, 6.07) is 4.27. The highest BCUT2D eigenvalue weighted by atomic mass is 32.2. The van der Waals surface area contributed by atoms with Crippen LogP contribution >= 0.6 is 11.8 Å². The first-order chi connectivity index (χ1) is 9.65. The minimum Gasteiger partial charge on any atom is -0.312 e. The molecule has 0 aromatic carbocycles. The SMILES string of the molecule is CC(C)CNCc1cccnc1SC1CCCC(C)C1. The molecule has 0 amide bonds. The highest BCUT2D eigenvalue weighted by molar-refractivity contribution is 7.99. The Morgan fingerprint density at radius 3 is 3.00 bits per heavy atom. The molecule has 1 aliphatic rings. The summed E-state index contributed by atoms with van der Waals surface area (Å²) >= 11 is 2.00. The van der Waals surface area contributed by atoms with E-state index in [0.717, 1.165) is 24.3 Å². The van der Waals surface area contributed by atoms with Crippen LogP contribution in [0.3, 0.4) is 0 Å². The normalized spacial score (nSPS) is 23.2. The number of rotatable bonds is 6. The fourth-order valence-corrected chi connectivity index (χ4v) is 4.24. The van der Waals surface area contributed by atoms with Crippen molar-refractivity contribution in [3.05, 3.63) is 23.9 Å². The van der Waals surface area contributed by atoms with Gasteiger partial charge in [-0.15, -0.1) is 11.8 Å². The van der Waals surface area contributed by atoms with E-state index in [4.69, 9.17) is 0 Å². The van der Waals surface area contributed by atoms with Crippen LogP contribution in [0, 0.1) is 11.8 Å². The van der Waals surface area contributed by atoms with Crippen molar-refractivity contribution in [2.45, 2.75) is 63.3 Å². The Labute approximate surface area is 128 Å². The summed E-state index contributed by atoms with van der Waals surface area (Å²) in [5.74, 6) is 1.58. The molecule has 1 saturated carbocycles. The number of pyridine rings is 1. The lowest BCUT2D eigenvalue weighted by molar-refractivity contribution is 0.394. The highest BCUT2D eigenvalue weighted by Crippen LogP contribution is 2.36. The molecule has 2 atom stereocenters. The van der Waals surface area contributed by atoms with Crippen LogP contribution in [-0.2, 0) is 6.54 Å². The molecule has 1 N–H and O–H groups in total. The maximum Gasteiger partial charge on any atom is 0.101 e. The van der Waals surface area contributed by atoms with Crippen molar-refractivity contribution in [1.82, 2.24) is 10.3 Å². The Hall–Kier alpha value is -0.540. The molecule has 0 aliphatic heterocycles. The van der Waals surface area contributed by atoms with Gasteiger partial charge in [-0.2, -0.15) is 0 Å². The Bertz CT molecular complexity index is 406. The van der Waals surface area contributed by atoms with Crippen LogP contribution in [0.2, 0.25) is 0 Å². The molecule has 0 radical (unpaired) electrons. The lowest BCUT2D eigenvalue weighted by Crippen LogP contribution is -2.20. The van der Waals surface area contributed by atoms with Crippen molar-refractivity contribution in [2.24, 2.45) is 11.8 Å². The summed E-state index contributed by atoms with van der Waals surface area (Å²) in [5.41, 5.74) is 1.36. The summed E-state index contributed by atoms with van der Waals surface area (Å²) in [6.45, 7) is 8.89. The van der Waals surface area contributed by atoms with E-state index in [2.05, 4.69) is 43.2 Å². The van der Waals surface area contributed by atoms with E-state index in [0.29, 0.717) is 5.92 Å². The molecule has 1 heterocycles. The van der Waals surface area contributed by atoms with Gasteiger partial charge >= 0.3 is 0 Å². The fraction of sp³-hybridized carbons (Fsp3) is 0.706. The molecule has 2 nitrogen and oxygen atoms in total. The minimum atomic E-state index is 0.696. The summed E-state index contributed by atoms with van der Waals surface area (Å²) in [4.78, 5) is 4.62. The van der Waals surface area contributed by atoms with Crippen molar-refractivity contribution in [1.29, 1.82) is 0 Å². The summed E-state index contributed by atoms with van der Waals surface area (Å²) < 4.78 is 0. The van der Waals surface area contributed by atoms with E-state index in [-0.39, 0.29) is 0 Å². The van der Waals surface area contributed by atoms with Gasteiger partial charge in [0.05, 0.1) is 0 Å². The molecule has 0 bridgehead atoms. The number of nitrogens with one attached hydrogen (secondary N) is 1. The highest BCUT2D eigenvalue weighted by Gasteiger charge is 2.21. The summed E-state index contributed by atoms with van der Waals surface area (Å²) in [5, 5.41) is 5.53. The Morgan fingerprint density at radius 2 is 2.25 bits per heavy atom. The average molecular weight is 292 g/mol. The first kappa shape index (κ1) is 15.8. The second kappa shape index (κ2) is 8.04. The van der Waals surface area contributed by atoms with E-state index in [1.165, 1.54) is 36.3 Å². The molecule has 1 aliphatic carbocycles. The molecule has 20 heavy (non-hydrogen) atoms. The van der Waals surface area contributed by atoms with Gasteiger partial charge in [0.2, 0.25) is 0 Å². The molecule has 1 fully saturated rings. The summed E-state index contributed by atoms with van der Waals surface area (Å²) in [6.07, 6.45) is 7.42. The summed E-state index contributed by atoms with van der Waals surface area (Å²) in [7, 11) is 0. The van der Waals surface area contributed by atoms with Gasteiger partial charge in [-0.3, -0.25) is 0 Å². The average Bonchev–Trinajstić information content (AvgIpc) is 2.40. The number of nitrogens with zero attached hydrogens (tertiary/aromatic N) is 1. The smallest absolute Gasteiger partial charge is 0.101 e. The van der Waals surface area contributed by atoms with Gasteiger partial charge in [0.25, 0.3) is 0 Å².